The summed E-state index contributed by atoms with van der Waals surface area (Å²) in [5.41, 5.74) is 1.17. The number of hydrogen-bond acceptors (Lipinski definition) is 3. The van der Waals surface area contributed by atoms with Gasteiger partial charge in [-0.3, -0.25) is 0 Å². The molecule has 21 heavy (non-hydrogen) atoms. The predicted octanol–water partition coefficient (Wildman–Crippen LogP) is 4.63. The van der Waals surface area contributed by atoms with Gasteiger partial charge in [0.25, 0.3) is 0 Å². The standard InChI is InChI=1S/C16H17BrClNO2/c1-20-8-7-19-11-12-5-6-15(10-16(12)17)21-14-4-2-3-13(18)9-14/h2-6,9-10,19H,7-8,11H2,1H3. The highest BCUT2D eigenvalue weighted by molar-refractivity contribution is 9.10. The van der Waals surface area contributed by atoms with E-state index in [-0.39, 0.29) is 0 Å². The summed E-state index contributed by atoms with van der Waals surface area (Å²) in [4.78, 5) is 0. The third kappa shape index (κ3) is 5.32. The molecule has 0 unspecified atom stereocenters. The number of hydrogen-bond donors (Lipinski definition) is 1. The van der Waals surface area contributed by atoms with Gasteiger partial charge in [-0.25, -0.2) is 0 Å². The van der Waals surface area contributed by atoms with E-state index in [0.29, 0.717) is 11.6 Å². The summed E-state index contributed by atoms with van der Waals surface area (Å²) in [5, 5.41) is 3.96. The Balaban J connectivity index is 1.98. The van der Waals surface area contributed by atoms with Crippen molar-refractivity contribution in [2.24, 2.45) is 0 Å². The average Bonchev–Trinajstić information content (AvgIpc) is 2.45. The Morgan fingerprint density at radius 2 is 1.95 bits per heavy atom. The lowest BCUT2D eigenvalue weighted by Crippen LogP contribution is -2.18. The van der Waals surface area contributed by atoms with Crippen LogP contribution in [0.3, 0.4) is 0 Å². The van der Waals surface area contributed by atoms with E-state index in [1.807, 2.05) is 36.4 Å². The number of ether oxygens (including phenoxy) is 2. The molecule has 0 fully saturated rings. The molecule has 0 radical (unpaired) electrons. The normalized spacial score (nSPS) is 10.6. The van der Waals surface area contributed by atoms with Crippen molar-refractivity contribution in [3.8, 4) is 11.5 Å². The smallest absolute Gasteiger partial charge is 0.128 e. The molecule has 2 aromatic carbocycles. The highest BCUT2D eigenvalue weighted by Gasteiger charge is 2.04. The Hall–Kier alpha value is -1.07. The molecule has 0 amide bonds. The molecule has 0 heterocycles. The average molecular weight is 371 g/mol. The number of benzene rings is 2. The van der Waals surface area contributed by atoms with Crippen LogP contribution in [0.4, 0.5) is 0 Å². The van der Waals surface area contributed by atoms with Gasteiger partial charge in [-0.2, -0.15) is 0 Å². The van der Waals surface area contributed by atoms with Crippen LogP contribution in [0.25, 0.3) is 0 Å². The number of halogens is 2. The molecule has 2 rings (SSSR count). The molecule has 0 spiro atoms. The van der Waals surface area contributed by atoms with Gasteiger partial charge in [0.05, 0.1) is 6.61 Å². The fourth-order valence-corrected chi connectivity index (χ4v) is 2.48. The number of nitrogens with one attached hydrogen (secondary N) is 1. The first-order valence-electron chi connectivity index (χ1n) is 6.60. The molecule has 0 aliphatic heterocycles. The van der Waals surface area contributed by atoms with Gasteiger partial charge in [-0.15, -0.1) is 0 Å². The molecular formula is C16H17BrClNO2. The Morgan fingerprint density at radius 3 is 2.67 bits per heavy atom. The first-order valence-corrected chi connectivity index (χ1v) is 7.77. The molecule has 0 saturated carbocycles. The SMILES string of the molecule is COCCNCc1ccc(Oc2cccc(Cl)c2)cc1Br. The van der Waals surface area contributed by atoms with Crippen molar-refractivity contribution in [1.29, 1.82) is 0 Å². The van der Waals surface area contributed by atoms with Crippen molar-refractivity contribution in [2.45, 2.75) is 6.54 Å². The second-order valence-corrected chi connectivity index (χ2v) is 5.77. The van der Waals surface area contributed by atoms with E-state index in [1.54, 1.807) is 13.2 Å². The fraction of sp³-hybridized carbons (Fsp3) is 0.250. The van der Waals surface area contributed by atoms with Gasteiger partial charge in [0.15, 0.2) is 0 Å². The van der Waals surface area contributed by atoms with Gasteiger partial charge in [-0.05, 0) is 35.9 Å². The Bertz CT molecular complexity index is 592. The van der Waals surface area contributed by atoms with Gasteiger partial charge < -0.3 is 14.8 Å². The Kier molecular flexibility index (Phi) is 6.51. The summed E-state index contributed by atoms with van der Waals surface area (Å²) in [5.74, 6) is 1.49. The van der Waals surface area contributed by atoms with Crippen LogP contribution in [0.1, 0.15) is 5.56 Å². The zero-order chi connectivity index (χ0) is 15.1. The first-order chi connectivity index (χ1) is 10.2. The third-order valence-electron chi connectivity index (χ3n) is 2.85. The molecule has 0 saturated heterocycles. The van der Waals surface area contributed by atoms with E-state index >= 15 is 0 Å². The van der Waals surface area contributed by atoms with Crippen LogP contribution in [0.2, 0.25) is 5.02 Å². The highest BCUT2D eigenvalue weighted by atomic mass is 79.9. The number of rotatable bonds is 7. The fourth-order valence-electron chi connectivity index (χ4n) is 1.80. The molecule has 0 atom stereocenters. The third-order valence-corrected chi connectivity index (χ3v) is 3.83. The number of methoxy groups -OCH3 is 1. The molecular weight excluding hydrogens is 354 g/mol. The van der Waals surface area contributed by atoms with E-state index in [2.05, 4.69) is 21.2 Å². The summed E-state index contributed by atoms with van der Waals surface area (Å²) in [7, 11) is 1.69. The van der Waals surface area contributed by atoms with Gasteiger partial charge in [0.1, 0.15) is 11.5 Å². The van der Waals surface area contributed by atoms with E-state index in [1.165, 1.54) is 5.56 Å². The van der Waals surface area contributed by atoms with Crippen LogP contribution < -0.4 is 10.1 Å². The summed E-state index contributed by atoms with van der Waals surface area (Å²) in [6.07, 6.45) is 0. The Labute approximate surface area is 138 Å². The molecule has 0 bridgehead atoms. The van der Waals surface area contributed by atoms with Gasteiger partial charge in [-0.1, -0.05) is 39.7 Å². The molecule has 0 aromatic heterocycles. The van der Waals surface area contributed by atoms with Crippen LogP contribution in [0.15, 0.2) is 46.9 Å². The van der Waals surface area contributed by atoms with Gasteiger partial charge in [0, 0.05) is 29.7 Å². The van der Waals surface area contributed by atoms with E-state index in [9.17, 15) is 0 Å². The van der Waals surface area contributed by atoms with Gasteiger partial charge >= 0.3 is 0 Å². The van der Waals surface area contributed by atoms with Crippen LogP contribution in [-0.2, 0) is 11.3 Å². The van der Waals surface area contributed by atoms with Crippen molar-refractivity contribution in [2.75, 3.05) is 20.3 Å². The van der Waals surface area contributed by atoms with Crippen LogP contribution in [0, 0.1) is 0 Å². The summed E-state index contributed by atoms with van der Waals surface area (Å²) >= 11 is 9.51. The van der Waals surface area contributed by atoms with Crippen LogP contribution in [0.5, 0.6) is 11.5 Å². The molecule has 2 aromatic rings. The van der Waals surface area contributed by atoms with Crippen molar-refractivity contribution in [1.82, 2.24) is 5.32 Å². The first kappa shape index (κ1) is 16.3. The van der Waals surface area contributed by atoms with Crippen molar-refractivity contribution in [3.05, 3.63) is 57.5 Å². The maximum absolute atomic E-state index is 5.94. The minimum absolute atomic E-state index is 0.658. The minimum atomic E-state index is 0.658. The molecule has 1 N–H and O–H groups in total. The predicted molar refractivity (Wildman–Crippen MR) is 89.3 cm³/mol. The maximum Gasteiger partial charge on any atom is 0.128 e. The molecule has 3 nitrogen and oxygen atoms in total. The monoisotopic (exact) mass is 369 g/mol. The van der Waals surface area contributed by atoms with Crippen LogP contribution in [-0.4, -0.2) is 20.3 Å². The zero-order valence-corrected chi connectivity index (χ0v) is 14.1. The summed E-state index contributed by atoms with van der Waals surface area (Å²) in [6.45, 7) is 2.30. The zero-order valence-electron chi connectivity index (χ0n) is 11.7. The molecule has 0 aliphatic carbocycles. The molecule has 0 aliphatic rings. The van der Waals surface area contributed by atoms with E-state index < -0.39 is 0 Å². The Morgan fingerprint density at radius 1 is 1.14 bits per heavy atom. The summed E-state index contributed by atoms with van der Waals surface area (Å²) < 4.78 is 11.8. The second-order valence-electron chi connectivity index (χ2n) is 4.48. The molecule has 112 valence electrons. The quantitative estimate of drug-likeness (QED) is 0.721. The van der Waals surface area contributed by atoms with Crippen LogP contribution >= 0.6 is 27.5 Å². The molecule has 5 heteroatoms. The largest absolute Gasteiger partial charge is 0.457 e. The van der Waals surface area contributed by atoms with Crippen molar-refractivity contribution >= 4 is 27.5 Å². The lowest BCUT2D eigenvalue weighted by molar-refractivity contribution is 0.199. The van der Waals surface area contributed by atoms with E-state index in [0.717, 1.165) is 29.1 Å². The topological polar surface area (TPSA) is 30.5 Å². The van der Waals surface area contributed by atoms with Crippen molar-refractivity contribution < 1.29 is 9.47 Å². The lowest BCUT2D eigenvalue weighted by atomic mass is 10.2. The lowest BCUT2D eigenvalue weighted by Gasteiger charge is -2.10. The van der Waals surface area contributed by atoms with E-state index in [4.69, 9.17) is 21.1 Å². The van der Waals surface area contributed by atoms with Gasteiger partial charge in [0.2, 0.25) is 0 Å². The summed E-state index contributed by atoms with van der Waals surface area (Å²) in [6, 6.07) is 13.3. The van der Waals surface area contributed by atoms with Crippen molar-refractivity contribution in [3.63, 3.8) is 0 Å². The maximum atomic E-state index is 5.94. The highest BCUT2D eigenvalue weighted by Crippen LogP contribution is 2.28. The minimum Gasteiger partial charge on any atom is -0.457 e. The second kappa shape index (κ2) is 8.39.